The summed E-state index contributed by atoms with van der Waals surface area (Å²) in [7, 11) is 0. The lowest BCUT2D eigenvalue weighted by atomic mass is 10.2. The van der Waals surface area contributed by atoms with Gasteiger partial charge in [-0.3, -0.25) is 9.59 Å². The molecule has 1 amide bonds. The molecule has 1 aliphatic heterocycles. The van der Waals surface area contributed by atoms with Gasteiger partial charge in [0.2, 0.25) is 11.7 Å². The maximum Gasteiger partial charge on any atom is 0.348 e. The Morgan fingerprint density at radius 2 is 1.96 bits per heavy atom. The Hall–Kier alpha value is -3.39. The van der Waals surface area contributed by atoms with E-state index in [1.54, 1.807) is 30.3 Å². The molecule has 1 atom stereocenters. The average Bonchev–Trinajstić information content (AvgIpc) is 3.04. The van der Waals surface area contributed by atoms with Crippen LogP contribution in [0.25, 0.3) is 0 Å². The molecule has 1 aromatic heterocycles. The molecule has 0 spiro atoms. The van der Waals surface area contributed by atoms with Gasteiger partial charge in [-0.25, -0.2) is 9.78 Å². The number of hydrogen-bond acceptors (Lipinski definition) is 7. The third kappa shape index (κ3) is 4.66. The van der Waals surface area contributed by atoms with E-state index >= 15 is 0 Å². The highest BCUT2D eigenvalue weighted by Crippen LogP contribution is 2.21. The minimum absolute atomic E-state index is 0.00632. The maximum atomic E-state index is 12.4. The van der Waals surface area contributed by atoms with Crippen molar-refractivity contribution in [3.63, 3.8) is 0 Å². The van der Waals surface area contributed by atoms with Crippen molar-refractivity contribution in [1.29, 1.82) is 0 Å². The molecule has 0 saturated carbocycles. The number of carbonyl (C=O) groups is 3. The highest BCUT2D eigenvalue weighted by atomic mass is 35.5. The Balaban J connectivity index is 1.67. The summed E-state index contributed by atoms with van der Waals surface area (Å²) in [6.07, 6.45) is 0.207. The van der Waals surface area contributed by atoms with Crippen LogP contribution in [0.1, 0.15) is 6.92 Å². The van der Waals surface area contributed by atoms with Crippen LogP contribution in [0.15, 0.2) is 60.1 Å². The SMILES string of the molecule is C[C@H](OC(=O)C1=C(Nc2ccccc2)OCC1=O)C(=O)Nc1ccc(Cl)cn1. The number of ketones is 1. The first-order valence-corrected chi connectivity index (χ1v) is 8.67. The van der Waals surface area contributed by atoms with Crippen LogP contribution < -0.4 is 10.6 Å². The number of hydrogen-bond donors (Lipinski definition) is 2. The van der Waals surface area contributed by atoms with Crippen molar-refractivity contribution in [3.05, 3.63) is 65.1 Å². The molecule has 28 heavy (non-hydrogen) atoms. The van der Waals surface area contributed by atoms with E-state index in [1.807, 2.05) is 6.07 Å². The standard InChI is InChI=1S/C19H16ClN3O5/c1-11(17(25)23-15-8-7-12(20)9-21-15)28-19(26)16-14(24)10-27-18(16)22-13-5-3-2-4-6-13/h2-9,11,22H,10H2,1H3,(H,21,23,25)/t11-/m0/s1. The van der Waals surface area contributed by atoms with Gasteiger partial charge in [-0.05, 0) is 31.2 Å². The van der Waals surface area contributed by atoms with E-state index in [-0.39, 0.29) is 23.9 Å². The molecule has 1 aromatic carbocycles. The minimum atomic E-state index is -1.16. The van der Waals surface area contributed by atoms with Crippen LogP contribution in [0.2, 0.25) is 5.02 Å². The number of Topliss-reactive ketones (excluding diaryl/α,β-unsaturated/α-hetero) is 1. The topological polar surface area (TPSA) is 107 Å². The number of amides is 1. The van der Waals surface area contributed by atoms with Gasteiger partial charge >= 0.3 is 5.97 Å². The summed E-state index contributed by atoms with van der Waals surface area (Å²) in [5.41, 5.74) is 0.366. The van der Waals surface area contributed by atoms with E-state index < -0.39 is 23.8 Å². The molecule has 0 fully saturated rings. The number of esters is 1. The van der Waals surface area contributed by atoms with Gasteiger partial charge in [-0.1, -0.05) is 29.8 Å². The van der Waals surface area contributed by atoms with Gasteiger partial charge in [-0.2, -0.15) is 0 Å². The molecule has 0 saturated heterocycles. The lowest BCUT2D eigenvalue weighted by molar-refractivity contribution is -0.150. The molecule has 2 N–H and O–H groups in total. The molecule has 2 aromatic rings. The molecule has 0 radical (unpaired) electrons. The molecule has 8 nitrogen and oxygen atoms in total. The van der Waals surface area contributed by atoms with Crippen molar-refractivity contribution in [2.24, 2.45) is 0 Å². The third-order valence-corrected chi connectivity index (χ3v) is 3.94. The molecule has 0 aliphatic carbocycles. The van der Waals surface area contributed by atoms with E-state index in [0.29, 0.717) is 10.7 Å². The second kappa shape index (κ2) is 8.53. The lowest BCUT2D eigenvalue weighted by Crippen LogP contribution is -2.31. The molecule has 144 valence electrons. The van der Waals surface area contributed by atoms with Crippen molar-refractivity contribution < 1.29 is 23.9 Å². The number of benzene rings is 1. The first kappa shape index (κ1) is 19.4. The van der Waals surface area contributed by atoms with Gasteiger partial charge in [0.1, 0.15) is 5.82 Å². The first-order valence-electron chi connectivity index (χ1n) is 8.30. The van der Waals surface area contributed by atoms with Gasteiger partial charge in [0.15, 0.2) is 18.3 Å². The summed E-state index contributed by atoms with van der Waals surface area (Å²) < 4.78 is 10.4. The number of anilines is 2. The molecule has 0 unspecified atom stereocenters. The zero-order chi connectivity index (χ0) is 20.1. The van der Waals surface area contributed by atoms with Crippen LogP contribution in [0, 0.1) is 0 Å². The number of pyridine rings is 1. The average molecular weight is 402 g/mol. The third-order valence-electron chi connectivity index (χ3n) is 3.72. The second-order valence-electron chi connectivity index (χ2n) is 5.81. The summed E-state index contributed by atoms with van der Waals surface area (Å²) in [4.78, 5) is 40.6. The zero-order valence-electron chi connectivity index (χ0n) is 14.8. The van der Waals surface area contributed by atoms with Gasteiger partial charge in [0.05, 0.1) is 5.02 Å². The van der Waals surface area contributed by atoms with Crippen molar-refractivity contribution in [2.75, 3.05) is 17.2 Å². The van der Waals surface area contributed by atoms with Crippen LogP contribution in [-0.2, 0) is 23.9 Å². The largest absolute Gasteiger partial charge is 0.470 e. The number of nitrogens with zero attached hydrogens (tertiary/aromatic N) is 1. The monoisotopic (exact) mass is 401 g/mol. The predicted molar refractivity (Wildman–Crippen MR) is 101 cm³/mol. The maximum absolute atomic E-state index is 12.4. The van der Waals surface area contributed by atoms with E-state index in [2.05, 4.69) is 15.6 Å². The Morgan fingerprint density at radius 3 is 2.64 bits per heavy atom. The smallest absolute Gasteiger partial charge is 0.348 e. The van der Waals surface area contributed by atoms with Crippen LogP contribution in [0.4, 0.5) is 11.5 Å². The molecular formula is C19H16ClN3O5. The van der Waals surface area contributed by atoms with Gasteiger partial charge < -0.3 is 20.1 Å². The fourth-order valence-electron chi connectivity index (χ4n) is 2.32. The second-order valence-corrected chi connectivity index (χ2v) is 6.24. The summed E-state index contributed by atoms with van der Waals surface area (Å²) in [6.45, 7) is 1.10. The Bertz CT molecular complexity index is 928. The van der Waals surface area contributed by atoms with E-state index in [9.17, 15) is 14.4 Å². The molecule has 0 bridgehead atoms. The number of nitrogens with one attached hydrogen (secondary N) is 2. The van der Waals surface area contributed by atoms with E-state index in [1.165, 1.54) is 19.2 Å². The number of ether oxygens (including phenoxy) is 2. The van der Waals surface area contributed by atoms with Crippen LogP contribution >= 0.6 is 11.6 Å². The molecular weight excluding hydrogens is 386 g/mol. The predicted octanol–water partition coefficient (Wildman–Crippen LogP) is 2.53. The van der Waals surface area contributed by atoms with Gasteiger partial charge in [0, 0.05) is 11.9 Å². The number of aromatic nitrogens is 1. The fraction of sp³-hybridized carbons (Fsp3) is 0.158. The molecule has 1 aliphatic rings. The summed E-state index contributed by atoms with van der Waals surface area (Å²) >= 11 is 5.74. The van der Waals surface area contributed by atoms with Gasteiger partial charge in [-0.15, -0.1) is 0 Å². The lowest BCUT2D eigenvalue weighted by Gasteiger charge is -2.14. The molecule has 2 heterocycles. The van der Waals surface area contributed by atoms with E-state index in [0.717, 1.165) is 0 Å². The Morgan fingerprint density at radius 1 is 1.21 bits per heavy atom. The Labute approximate surface area is 165 Å². The van der Waals surface area contributed by atoms with Crippen molar-refractivity contribution in [3.8, 4) is 0 Å². The Kier molecular flexibility index (Phi) is 5.90. The summed E-state index contributed by atoms with van der Waals surface area (Å²) in [6, 6.07) is 12.0. The fourth-order valence-corrected chi connectivity index (χ4v) is 2.43. The van der Waals surface area contributed by atoms with E-state index in [4.69, 9.17) is 21.1 Å². The summed E-state index contributed by atoms with van der Waals surface area (Å²) in [5, 5.41) is 5.77. The normalized spacial score (nSPS) is 14.3. The number of carbonyl (C=O) groups excluding carboxylic acids is 3. The van der Waals surface area contributed by atoms with Crippen LogP contribution in [0.5, 0.6) is 0 Å². The first-order chi connectivity index (χ1) is 13.4. The molecule has 3 rings (SSSR count). The summed E-state index contributed by atoms with van der Waals surface area (Å²) in [5.74, 6) is -1.84. The van der Waals surface area contributed by atoms with Crippen LogP contribution in [0.3, 0.4) is 0 Å². The number of halogens is 1. The van der Waals surface area contributed by atoms with Crippen molar-refractivity contribution >= 4 is 40.8 Å². The minimum Gasteiger partial charge on any atom is -0.470 e. The van der Waals surface area contributed by atoms with Crippen LogP contribution in [-0.4, -0.2) is 35.4 Å². The molecule has 9 heteroatoms. The number of para-hydroxylation sites is 1. The van der Waals surface area contributed by atoms with Gasteiger partial charge in [0.25, 0.3) is 5.91 Å². The highest BCUT2D eigenvalue weighted by Gasteiger charge is 2.34. The number of rotatable bonds is 6. The van der Waals surface area contributed by atoms with Crippen molar-refractivity contribution in [2.45, 2.75) is 13.0 Å². The van der Waals surface area contributed by atoms with Crippen molar-refractivity contribution in [1.82, 2.24) is 4.98 Å². The highest BCUT2D eigenvalue weighted by molar-refractivity contribution is 6.30. The quantitative estimate of drug-likeness (QED) is 0.565. The zero-order valence-corrected chi connectivity index (χ0v) is 15.5.